The largest absolute Gasteiger partial charge is 0.376 e. The number of aromatic nitrogens is 4. The van der Waals surface area contributed by atoms with Crippen molar-refractivity contribution in [1.82, 2.24) is 30.4 Å². The number of tetrazole rings is 1. The van der Waals surface area contributed by atoms with Gasteiger partial charge in [-0.1, -0.05) is 11.8 Å². The van der Waals surface area contributed by atoms with E-state index in [4.69, 9.17) is 4.74 Å². The van der Waals surface area contributed by atoms with Crippen molar-refractivity contribution in [3.63, 3.8) is 0 Å². The molecule has 9 nitrogen and oxygen atoms in total. The zero-order valence-corrected chi connectivity index (χ0v) is 12.2. The van der Waals surface area contributed by atoms with Gasteiger partial charge in [0, 0.05) is 19.7 Å². The molecule has 2 fully saturated rings. The van der Waals surface area contributed by atoms with E-state index in [0.717, 1.165) is 19.4 Å². The molecule has 2 saturated heterocycles. The second-order valence-electron chi connectivity index (χ2n) is 4.84. The fourth-order valence-corrected chi connectivity index (χ4v) is 3.07. The fourth-order valence-electron chi connectivity index (χ4n) is 2.31. The summed E-state index contributed by atoms with van der Waals surface area (Å²) in [6.07, 6.45) is 2.18. The molecule has 2 aliphatic rings. The topological polar surface area (TPSA) is 102 Å². The van der Waals surface area contributed by atoms with Crippen LogP contribution < -0.4 is 5.32 Å². The minimum atomic E-state index is -0.334. The highest BCUT2D eigenvalue weighted by molar-refractivity contribution is 7.99. The van der Waals surface area contributed by atoms with Crippen LogP contribution in [0.2, 0.25) is 0 Å². The van der Waals surface area contributed by atoms with E-state index in [1.807, 2.05) is 0 Å². The lowest BCUT2D eigenvalue weighted by Gasteiger charge is -2.12. The van der Waals surface area contributed by atoms with Crippen molar-refractivity contribution in [3.8, 4) is 0 Å². The Hall–Kier alpha value is -1.68. The fraction of sp³-hybridized carbons (Fsp3) is 0.727. The summed E-state index contributed by atoms with van der Waals surface area (Å²) in [5.74, 6) is -0.0964. The van der Waals surface area contributed by atoms with E-state index in [1.165, 1.54) is 16.7 Å². The first kappa shape index (κ1) is 14.3. The number of hydrogen-bond donors (Lipinski definition) is 1. The number of nitrogens with one attached hydrogen (secondary N) is 1. The van der Waals surface area contributed by atoms with E-state index >= 15 is 0 Å². The van der Waals surface area contributed by atoms with Crippen LogP contribution in [0.3, 0.4) is 0 Å². The molecule has 0 radical (unpaired) electrons. The molecule has 10 heteroatoms. The van der Waals surface area contributed by atoms with Gasteiger partial charge in [0.1, 0.15) is 0 Å². The Labute approximate surface area is 125 Å². The van der Waals surface area contributed by atoms with Gasteiger partial charge in [0.25, 0.3) is 0 Å². The van der Waals surface area contributed by atoms with Crippen molar-refractivity contribution < 1.29 is 14.3 Å². The predicted molar refractivity (Wildman–Crippen MR) is 72.6 cm³/mol. The van der Waals surface area contributed by atoms with Gasteiger partial charge < -0.3 is 10.1 Å². The quantitative estimate of drug-likeness (QED) is 0.731. The van der Waals surface area contributed by atoms with E-state index in [0.29, 0.717) is 24.8 Å². The van der Waals surface area contributed by atoms with Gasteiger partial charge in [0.05, 0.1) is 18.4 Å². The molecule has 0 aliphatic carbocycles. The van der Waals surface area contributed by atoms with Crippen molar-refractivity contribution in [2.24, 2.45) is 0 Å². The van der Waals surface area contributed by atoms with E-state index in [9.17, 15) is 9.59 Å². The second kappa shape index (κ2) is 6.39. The zero-order chi connectivity index (χ0) is 14.7. The Morgan fingerprint density at radius 1 is 1.52 bits per heavy atom. The highest BCUT2D eigenvalue weighted by Gasteiger charge is 2.26. The maximum absolute atomic E-state index is 11.9. The smallest absolute Gasteiger partial charge is 0.324 e. The average Bonchev–Trinajstić information content (AvgIpc) is 3.19. The molecule has 0 spiro atoms. The van der Waals surface area contributed by atoms with Gasteiger partial charge in [0.2, 0.25) is 11.1 Å². The van der Waals surface area contributed by atoms with E-state index in [1.54, 1.807) is 4.68 Å². The molecule has 0 saturated carbocycles. The average molecular weight is 312 g/mol. The summed E-state index contributed by atoms with van der Waals surface area (Å²) in [7, 11) is 0. The lowest BCUT2D eigenvalue weighted by molar-refractivity contribution is -0.124. The standard InChI is InChI=1S/C11H16N6O3S/c18-9(16-4-3-12-10(16)19)7-21-11-13-14-15-17(11)6-8-2-1-5-20-8/h8H,1-7H2,(H,12,19)/t8-/m0/s1. The number of carbonyl (C=O) groups excluding carboxylic acids is 2. The molecular formula is C11H16N6O3S. The van der Waals surface area contributed by atoms with Crippen LogP contribution in [0, 0.1) is 0 Å². The molecule has 3 amide bonds. The van der Waals surface area contributed by atoms with Gasteiger partial charge in [-0.25, -0.2) is 9.48 Å². The molecule has 114 valence electrons. The van der Waals surface area contributed by atoms with E-state index in [-0.39, 0.29) is 23.8 Å². The van der Waals surface area contributed by atoms with Crippen LogP contribution in [0.1, 0.15) is 12.8 Å². The minimum Gasteiger partial charge on any atom is -0.376 e. The molecular weight excluding hydrogens is 296 g/mol. The van der Waals surface area contributed by atoms with Crippen molar-refractivity contribution >= 4 is 23.7 Å². The Morgan fingerprint density at radius 2 is 2.43 bits per heavy atom. The summed E-state index contributed by atoms with van der Waals surface area (Å²) in [5, 5.41) is 14.6. The highest BCUT2D eigenvalue weighted by Crippen LogP contribution is 2.19. The maximum Gasteiger partial charge on any atom is 0.324 e. The van der Waals surface area contributed by atoms with Crippen molar-refractivity contribution in [3.05, 3.63) is 0 Å². The summed E-state index contributed by atoms with van der Waals surface area (Å²) < 4.78 is 7.20. The van der Waals surface area contributed by atoms with Crippen LogP contribution in [-0.4, -0.2) is 68.6 Å². The van der Waals surface area contributed by atoms with Crippen molar-refractivity contribution in [2.45, 2.75) is 30.6 Å². The molecule has 0 bridgehead atoms. The number of nitrogens with zero attached hydrogens (tertiary/aromatic N) is 5. The molecule has 21 heavy (non-hydrogen) atoms. The van der Waals surface area contributed by atoms with Crippen LogP contribution in [0.4, 0.5) is 4.79 Å². The van der Waals surface area contributed by atoms with Gasteiger partial charge in [-0.05, 0) is 23.3 Å². The zero-order valence-electron chi connectivity index (χ0n) is 11.4. The van der Waals surface area contributed by atoms with Crippen LogP contribution in [0.25, 0.3) is 0 Å². The van der Waals surface area contributed by atoms with Gasteiger partial charge in [0.15, 0.2) is 0 Å². The number of thioether (sulfide) groups is 1. The number of hydrogen-bond acceptors (Lipinski definition) is 7. The van der Waals surface area contributed by atoms with Gasteiger partial charge in [-0.2, -0.15) is 0 Å². The lowest BCUT2D eigenvalue weighted by Crippen LogP contribution is -2.35. The molecule has 1 aromatic heterocycles. The molecule has 3 heterocycles. The molecule has 1 aromatic rings. The van der Waals surface area contributed by atoms with E-state index in [2.05, 4.69) is 20.8 Å². The first-order valence-electron chi connectivity index (χ1n) is 6.83. The number of imide groups is 1. The summed E-state index contributed by atoms with van der Waals surface area (Å²) in [6, 6.07) is -0.334. The Bertz CT molecular complexity index is 530. The van der Waals surface area contributed by atoms with Crippen molar-refractivity contribution in [1.29, 1.82) is 0 Å². The SMILES string of the molecule is O=C(CSc1nnnn1C[C@@H]1CCCO1)N1CCNC1=O. The first-order chi connectivity index (χ1) is 10.2. The monoisotopic (exact) mass is 312 g/mol. The molecule has 1 atom stereocenters. The van der Waals surface area contributed by atoms with Crippen LogP contribution >= 0.6 is 11.8 Å². The van der Waals surface area contributed by atoms with E-state index < -0.39 is 0 Å². The maximum atomic E-state index is 11.9. The first-order valence-corrected chi connectivity index (χ1v) is 7.81. The molecule has 2 aliphatic heterocycles. The van der Waals surface area contributed by atoms with Crippen LogP contribution in [0.15, 0.2) is 5.16 Å². The van der Waals surface area contributed by atoms with Gasteiger partial charge >= 0.3 is 6.03 Å². The number of rotatable bonds is 5. The van der Waals surface area contributed by atoms with Gasteiger partial charge in [-0.15, -0.1) is 5.10 Å². The Kier molecular flexibility index (Phi) is 4.34. The van der Waals surface area contributed by atoms with Crippen molar-refractivity contribution in [2.75, 3.05) is 25.4 Å². The molecule has 1 N–H and O–H groups in total. The molecule has 0 unspecified atom stereocenters. The highest BCUT2D eigenvalue weighted by atomic mass is 32.2. The molecule has 0 aromatic carbocycles. The number of ether oxygens (including phenoxy) is 1. The number of carbonyl (C=O) groups is 2. The third-order valence-electron chi connectivity index (χ3n) is 3.38. The van der Waals surface area contributed by atoms with Crippen LogP contribution in [0.5, 0.6) is 0 Å². The summed E-state index contributed by atoms with van der Waals surface area (Å²) in [4.78, 5) is 24.6. The number of amides is 3. The molecule has 3 rings (SSSR count). The third kappa shape index (κ3) is 3.32. The minimum absolute atomic E-state index is 0.132. The Balaban J connectivity index is 1.54. The van der Waals surface area contributed by atoms with Gasteiger partial charge in [-0.3, -0.25) is 9.69 Å². The lowest BCUT2D eigenvalue weighted by atomic mass is 10.2. The van der Waals surface area contributed by atoms with Crippen LogP contribution in [-0.2, 0) is 16.1 Å². The second-order valence-corrected chi connectivity index (χ2v) is 5.79. The third-order valence-corrected chi connectivity index (χ3v) is 4.32. The number of urea groups is 1. The summed E-state index contributed by atoms with van der Waals surface area (Å²) in [6.45, 7) is 2.29. The summed E-state index contributed by atoms with van der Waals surface area (Å²) in [5.41, 5.74) is 0. The predicted octanol–water partition coefficient (Wildman–Crippen LogP) is -0.504. The normalized spacial score (nSPS) is 21.8. The Morgan fingerprint density at radius 3 is 3.14 bits per heavy atom. The summed E-state index contributed by atoms with van der Waals surface area (Å²) >= 11 is 1.23.